The lowest BCUT2D eigenvalue weighted by molar-refractivity contribution is -0.0780. The van der Waals surface area contributed by atoms with Crippen molar-refractivity contribution >= 4 is 11.6 Å². The topological polar surface area (TPSA) is 9.23 Å². The molecule has 0 aromatic heterocycles. The van der Waals surface area contributed by atoms with Crippen LogP contribution < -0.4 is 0 Å². The van der Waals surface area contributed by atoms with E-state index in [1.807, 2.05) is 7.11 Å². The molecule has 19 heavy (non-hydrogen) atoms. The molecule has 1 aliphatic carbocycles. The highest BCUT2D eigenvalue weighted by Crippen LogP contribution is 2.45. The van der Waals surface area contributed by atoms with E-state index in [0.29, 0.717) is 0 Å². The van der Waals surface area contributed by atoms with Crippen LogP contribution in [0.5, 0.6) is 0 Å². The second-order valence-corrected chi connectivity index (χ2v) is 6.61. The van der Waals surface area contributed by atoms with Crippen molar-refractivity contribution in [1.82, 2.24) is 0 Å². The van der Waals surface area contributed by atoms with E-state index in [0.717, 1.165) is 19.3 Å². The second kappa shape index (κ2) is 5.46. The van der Waals surface area contributed by atoms with Gasteiger partial charge in [0, 0.05) is 7.11 Å². The Morgan fingerprint density at radius 1 is 1.16 bits per heavy atom. The summed E-state index contributed by atoms with van der Waals surface area (Å²) in [5.41, 5.74) is 6.71. The zero-order valence-electron chi connectivity index (χ0n) is 12.8. The summed E-state index contributed by atoms with van der Waals surface area (Å²) >= 11 is 6.76. The molecule has 0 N–H and O–H groups in total. The number of alkyl halides is 1. The van der Waals surface area contributed by atoms with Crippen LogP contribution in [0, 0.1) is 27.7 Å². The molecular weight excluding hydrogens is 256 g/mol. The fourth-order valence-electron chi connectivity index (χ4n) is 3.21. The molecule has 0 bridgehead atoms. The highest BCUT2D eigenvalue weighted by Gasteiger charge is 2.39. The number of halogens is 1. The second-order valence-electron chi connectivity index (χ2n) is 6.09. The number of ether oxygens (including phenoxy) is 1. The molecule has 1 aromatic carbocycles. The van der Waals surface area contributed by atoms with Crippen LogP contribution in [0.2, 0.25) is 0 Å². The van der Waals surface area contributed by atoms with Crippen molar-refractivity contribution in [3.05, 3.63) is 33.9 Å². The summed E-state index contributed by atoms with van der Waals surface area (Å²) in [4.78, 5) is 0. The fourth-order valence-corrected chi connectivity index (χ4v) is 3.82. The Hall–Kier alpha value is -0.530. The first-order valence-corrected chi connectivity index (χ1v) is 7.60. The van der Waals surface area contributed by atoms with Crippen molar-refractivity contribution in [3.63, 3.8) is 0 Å². The molecule has 1 unspecified atom stereocenters. The largest absolute Gasteiger partial charge is 0.378 e. The van der Waals surface area contributed by atoms with Gasteiger partial charge >= 0.3 is 0 Å². The summed E-state index contributed by atoms with van der Waals surface area (Å²) in [5, 5.41) is 0.0545. The average molecular weight is 281 g/mol. The van der Waals surface area contributed by atoms with Gasteiger partial charge in [-0.25, -0.2) is 0 Å². The van der Waals surface area contributed by atoms with Crippen LogP contribution in [0.15, 0.2) is 6.07 Å². The van der Waals surface area contributed by atoms with Gasteiger partial charge in [0.2, 0.25) is 0 Å². The third-order valence-corrected chi connectivity index (χ3v) is 5.36. The van der Waals surface area contributed by atoms with Gasteiger partial charge in [-0.3, -0.25) is 0 Å². The Morgan fingerprint density at radius 2 is 1.68 bits per heavy atom. The first-order chi connectivity index (χ1) is 8.90. The molecule has 1 fully saturated rings. The standard InChI is InChI=1S/C17H25ClO/c1-11-9-12(2)14(4)16(13(11)3)15(18)10-17(19-5)7-6-8-17/h9,15H,6-8,10H2,1-5H3. The molecule has 0 amide bonds. The van der Waals surface area contributed by atoms with E-state index in [1.54, 1.807) is 0 Å². The smallest absolute Gasteiger partial charge is 0.0696 e. The average Bonchev–Trinajstić information content (AvgIpc) is 2.32. The normalized spacial score (nSPS) is 19.1. The third-order valence-electron chi connectivity index (χ3n) is 4.99. The summed E-state index contributed by atoms with van der Waals surface area (Å²) in [5.74, 6) is 0. The van der Waals surface area contributed by atoms with Gasteiger partial charge in [0.1, 0.15) is 0 Å². The Morgan fingerprint density at radius 3 is 2.05 bits per heavy atom. The van der Waals surface area contributed by atoms with Gasteiger partial charge in [-0.15, -0.1) is 11.6 Å². The summed E-state index contributed by atoms with van der Waals surface area (Å²) in [6.07, 6.45) is 4.49. The molecule has 106 valence electrons. The Bertz CT molecular complexity index is 443. The molecule has 0 spiro atoms. The summed E-state index contributed by atoms with van der Waals surface area (Å²) < 4.78 is 5.72. The highest BCUT2D eigenvalue weighted by atomic mass is 35.5. The molecule has 1 aliphatic rings. The van der Waals surface area contributed by atoms with Crippen molar-refractivity contribution in [2.75, 3.05) is 7.11 Å². The third kappa shape index (κ3) is 2.68. The molecule has 2 rings (SSSR count). The lowest BCUT2D eigenvalue weighted by Crippen LogP contribution is -2.40. The lowest BCUT2D eigenvalue weighted by Gasteiger charge is -2.42. The Labute approximate surface area is 122 Å². The van der Waals surface area contributed by atoms with Crippen LogP contribution >= 0.6 is 11.6 Å². The summed E-state index contributed by atoms with van der Waals surface area (Å²) in [6.45, 7) is 8.72. The molecule has 0 radical (unpaired) electrons. The van der Waals surface area contributed by atoms with Crippen molar-refractivity contribution in [1.29, 1.82) is 0 Å². The number of hydrogen-bond acceptors (Lipinski definition) is 1. The minimum atomic E-state index is 0.0307. The van der Waals surface area contributed by atoms with Gasteiger partial charge in [-0.1, -0.05) is 6.07 Å². The van der Waals surface area contributed by atoms with Gasteiger partial charge < -0.3 is 4.74 Å². The molecule has 1 aromatic rings. The van der Waals surface area contributed by atoms with Crippen LogP contribution in [-0.4, -0.2) is 12.7 Å². The van der Waals surface area contributed by atoms with Crippen LogP contribution in [0.3, 0.4) is 0 Å². The molecule has 1 saturated carbocycles. The maximum Gasteiger partial charge on any atom is 0.0696 e. The summed E-state index contributed by atoms with van der Waals surface area (Å²) in [7, 11) is 1.82. The highest BCUT2D eigenvalue weighted by molar-refractivity contribution is 6.21. The van der Waals surface area contributed by atoms with Crippen LogP contribution in [0.4, 0.5) is 0 Å². The molecule has 1 nitrogen and oxygen atoms in total. The van der Waals surface area contributed by atoms with Crippen LogP contribution in [0.1, 0.15) is 58.9 Å². The van der Waals surface area contributed by atoms with E-state index in [9.17, 15) is 0 Å². The Kier molecular flexibility index (Phi) is 4.27. The van der Waals surface area contributed by atoms with Crippen molar-refractivity contribution in [3.8, 4) is 0 Å². The van der Waals surface area contributed by atoms with Crippen molar-refractivity contribution in [2.24, 2.45) is 0 Å². The van der Waals surface area contributed by atoms with Gasteiger partial charge in [0.05, 0.1) is 11.0 Å². The van der Waals surface area contributed by atoms with E-state index in [-0.39, 0.29) is 11.0 Å². The molecule has 0 saturated heterocycles. The Balaban J connectivity index is 2.31. The maximum atomic E-state index is 6.76. The van der Waals surface area contributed by atoms with E-state index in [4.69, 9.17) is 16.3 Å². The predicted octanol–water partition coefficient (Wildman–Crippen LogP) is 5.16. The van der Waals surface area contributed by atoms with E-state index in [1.165, 1.54) is 34.2 Å². The fraction of sp³-hybridized carbons (Fsp3) is 0.647. The van der Waals surface area contributed by atoms with E-state index >= 15 is 0 Å². The maximum absolute atomic E-state index is 6.76. The number of benzene rings is 1. The van der Waals surface area contributed by atoms with Crippen LogP contribution in [-0.2, 0) is 4.74 Å². The molecule has 0 heterocycles. The minimum absolute atomic E-state index is 0.0307. The number of methoxy groups -OCH3 is 1. The summed E-state index contributed by atoms with van der Waals surface area (Å²) in [6, 6.07) is 2.26. The first-order valence-electron chi connectivity index (χ1n) is 7.17. The lowest BCUT2D eigenvalue weighted by atomic mass is 9.75. The van der Waals surface area contributed by atoms with Crippen molar-refractivity contribution in [2.45, 2.75) is 64.4 Å². The van der Waals surface area contributed by atoms with Gasteiger partial charge in [-0.2, -0.15) is 0 Å². The molecule has 2 heteroatoms. The SMILES string of the molecule is COC1(CC(Cl)c2c(C)c(C)cc(C)c2C)CCC1. The van der Waals surface area contributed by atoms with Gasteiger partial charge in [0.15, 0.2) is 0 Å². The molecular formula is C17H25ClO. The van der Waals surface area contributed by atoms with E-state index < -0.39 is 0 Å². The van der Waals surface area contributed by atoms with Gasteiger partial charge in [0.25, 0.3) is 0 Å². The monoisotopic (exact) mass is 280 g/mol. The van der Waals surface area contributed by atoms with Gasteiger partial charge in [-0.05, 0) is 81.2 Å². The number of aryl methyl sites for hydroxylation is 2. The van der Waals surface area contributed by atoms with Crippen LogP contribution in [0.25, 0.3) is 0 Å². The molecule has 1 atom stereocenters. The quantitative estimate of drug-likeness (QED) is 0.692. The zero-order valence-corrected chi connectivity index (χ0v) is 13.5. The zero-order chi connectivity index (χ0) is 14.2. The number of rotatable bonds is 4. The first kappa shape index (κ1) is 14.9. The van der Waals surface area contributed by atoms with Crippen molar-refractivity contribution < 1.29 is 4.74 Å². The minimum Gasteiger partial charge on any atom is -0.378 e. The number of hydrogen-bond donors (Lipinski definition) is 0. The predicted molar refractivity (Wildman–Crippen MR) is 82.2 cm³/mol. The molecule has 0 aliphatic heterocycles. The van der Waals surface area contributed by atoms with E-state index in [2.05, 4.69) is 33.8 Å².